The fourth-order valence-electron chi connectivity index (χ4n) is 9.12. The zero-order chi connectivity index (χ0) is 39.7. The van der Waals surface area contributed by atoms with Crippen LogP contribution in [0.4, 0.5) is 0 Å². The molecule has 0 fully saturated rings. The summed E-state index contributed by atoms with van der Waals surface area (Å²) in [4.78, 5) is 0. The SMILES string of the molecule is CC(C)[Si](C#Cc1cc(C#C[Si](c2ccccc2)(c2ccccc2)C(C)C)c2cc3cc4cc5ccccc5cc4cc3cc2c1)(c1ccccc1)c1ccccc1. The van der Waals surface area contributed by atoms with E-state index in [1.807, 2.05) is 0 Å². The van der Waals surface area contributed by atoms with Crippen LogP contribution < -0.4 is 20.7 Å². The Morgan fingerprint density at radius 2 is 0.672 bits per heavy atom. The fraction of sp³-hybridized carbons (Fsp3) is 0.107. The Labute approximate surface area is 345 Å². The Morgan fingerprint density at radius 3 is 1.09 bits per heavy atom. The van der Waals surface area contributed by atoms with Crippen molar-refractivity contribution < 1.29 is 0 Å². The summed E-state index contributed by atoms with van der Waals surface area (Å²) in [5.74, 6) is 7.74. The molecular formula is C56H46Si2. The molecule has 0 spiro atoms. The predicted octanol–water partition coefficient (Wildman–Crippen LogP) is 11.4. The first kappa shape index (κ1) is 37.2. The zero-order valence-corrected chi connectivity index (χ0v) is 35.6. The summed E-state index contributed by atoms with van der Waals surface area (Å²) in [5, 5.41) is 15.1. The second kappa shape index (κ2) is 15.5. The quantitative estimate of drug-likeness (QED) is 0.0897. The largest absolute Gasteiger partial charge is 0.202 e. The van der Waals surface area contributed by atoms with Gasteiger partial charge < -0.3 is 0 Å². The predicted molar refractivity (Wildman–Crippen MR) is 256 cm³/mol. The summed E-state index contributed by atoms with van der Waals surface area (Å²) >= 11 is 0. The van der Waals surface area contributed by atoms with E-state index < -0.39 is 16.1 Å². The van der Waals surface area contributed by atoms with Crippen molar-refractivity contribution in [1.29, 1.82) is 0 Å². The van der Waals surface area contributed by atoms with Gasteiger partial charge in [-0.3, -0.25) is 0 Å². The highest BCUT2D eigenvalue weighted by Gasteiger charge is 2.40. The summed E-state index contributed by atoms with van der Waals surface area (Å²) in [6.45, 7) is 9.40. The van der Waals surface area contributed by atoms with Crippen molar-refractivity contribution in [2.75, 3.05) is 0 Å². The minimum Gasteiger partial charge on any atom is -0.114 e. The van der Waals surface area contributed by atoms with Crippen LogP contribution in [0.25, 0.3) is 43.1 Å². The van der Waals surface area contributed by atoms with E-state index in [4.69, 9.17) is 0 Å². The van der Waals surface area contributed by atoms with Crippen LogP contribution in [-0.2, 0) is 0 Å². The van der Waals surface area contributed by atoms with Crippen LogP contribution in [0.1, 0.15) is 38.8 Å². The van der Waals surface area contributed by atoms with Crippen molar-refractivity contribution in [3.05, 3.63) is 205 Å². The van der Waals surface area contributed by atoms with Gasteiger partial charge in [0.25, 0.3) is 0 Å². The van der Waals surface area contributed by atoms with Gasteiger partial charge in [0, 0.05) is 11.1 Å². The highest BCUT2D eigenvalue weighted by atomic mass is 28.3. The third kappa shape index (κ3) is 6.65. The fourth-order valence-corrected chi connectivity index (χ4v) is 17.2. The van der Waals surface area contributed by atoms with E-state index in [1.54, 1.807) is 0 Å². The van der Waals surface area contributed by atoms with Gasteiger partial charge in [-0.25, -0.2) is 0 Å². The molecule has 0 aliphatic heterocycles. The summed E-state index contributed by atoms with van der Waals surface area (Å²) in [6.07, 6.45) is 0. The number of benzene rings is 9. The monoisotopic (exact) mass is 774 g/mol. The second-order valence-corrected chi connectivity index (χ2v) is 24.6. The Balaban J connectivity index is 1.32. The molecule has 0 bridgehead atoms. The van der Waals surface area contributed by atoms with Crippen molar-refractivity contribution in [2.45, 2.75) is 38.8 Å². The van der Waals surface area contributed by atoms with Gasteiger partial charge in [-0.1, -0.05) is 185 Å². The first-order valence-electron chi connectivity index (χ1n) is 20.5. The Hall–Kier alpha value is -6.43. The highest BCUT2D eigenvalue weighted by molar-refractivity contribution is 7.09. The lowest BCUT2D eigenvalue weighted by Crippen LogP contribution is -2.59. The molecule has 0 aromatic heterocycles. The molecule has 0 aliphatic rings. The van der Waals surface area contributed by atoms with Gasteiger partial charge in [0.05, 0.1) is 0 Å². The number of rotatable bonds is 6. The highest BCUT2D eigenvalue weighted by Crippen LogP contribution is 2.32. The molecule has 0 unspecified atom stereocenters. The van der Waals surface area contributed by atoms with Gasteiger partial charge in [-0.2, -0.15) is 0 Å². The lowest BCUT2D eigenvalue weighted by atomic mass is 9.95. The molecule has 0 nitrogen and oxygen atoms in total. The molecular weight excluding hydrogens is 729 g/mol. The van der Waals surface area contributed by atoms with Gasteiger partial charge in [-0.15, -0.1) is 11.1 Å². The zero-order valence-electron chi connectivity index (χ0n) is 33.6. The maximum Gasteiger partial charge on any atom is 0.202 e. The molecule has 0 amide bonds. The lowest BCUT2D eigenvalue weighted by Gasteiger charge is -2.31. The van der Waals surface area contributed by atoms with Crippen LogP contribution in [0.15, 0.2) is 194 Å². The smallest absolute Gasteiger partial charge is 0.114 e. The van der Waals surface area contributed by atoms with Crippen LogP contribution in [0.5, 0.6) is 0 Å². The molecule has 9 rings (SSSR count). The van der Waals surface area contributed by atoms with Gasteiger partial charge >= 0.3 is 0 Å². The average molecular weight is 775 g/mol. The van der Waals surface area contributed by atoms with Crippen molar-refractivity contribution in [2.24, 2.45) is 0 Å². The van der Waals surface area contributed by atoms with E-state index in [0.29, 0.717) is 11.1 Å². The molecule has 0 atom stereocenters. The summed E-state index contributed by atoms with van der Waals surface area (Å²) in [7, 11) is -5.10. The topological polar surface area (TPSA) is 0 Å². The summed E-state index contributed by atoms with van der Waals surface area (Å²) in [5.41, 5.74) is 10.9. The second-order valence-electron chi connectivity index (χ2n) is 16.2. The van der Waals surface area contributed by atoms with Crippen molar-refractivity contribution in [3.63, 3.8) is 0 Å². The van der Waals surface area contributed by atoms with Gasteiger partial charge in [0.15, 0.2) is 0 Å². The minimum atomic E-state index is -2.57. The molecule has 0 saturated heterocycles. The van der Waals surface area contributed by atoms with Crippen molar-refractivity contribution in [1.82, 2.24) is 0 Å². The molecule has 0 radical (unpaired) electrons. The van der Waals surface area contributed by atoms with Crippen LogP contribution in [-0.4, -0.2) is 16.1 Å². The van der Waals surface area contributed by atoms with Gasteiger partial charge in [0.2, 0.25) is 16.1 Å². The van der Waals surface area contributed by atoms with E-state index in [1.165, 1.54) is 53.1 Å². The first-order valence-corrected chi connectivity index (χ1v) is 24.6. The lowest BCUT2D eigenvalue weighted by molar-refractivity contribution is 1.04. The van der Waals surface area contributed by atoms with Gasteiger partial charge in [0.1, 0.15) is 0 Å². The van der Waals surface area contributed by atoms with E-state index in [2.05, 4.69) is 245 Å². The van der Waals surface area contributed by atoms with Crippen LogP contribution >= 0.6 is 0 Å². The molecule has 9 aromatic rings. The van der Waals surface area contributed by atoms with Crippen LogP contribution in [0.3, 0.4) is 0 Å². The maximum absolute atomic E-state index is 4.09. The molecule has 9 aromatic carbocycles. The van der Waals surface area contributed by atoms with E-state index in [0.717, 1.165) is 21.9 Å². The standard InChI is InChI=1S/C56H46Si2/c1-41(2)57(52-21-9-5-10-22-52,53-23-11-6-12-24-53)31-29-43-33-46(30-32-58(42(3)4,54-25-13-7-14-26-54)55-27-15-8-16-28-55)56-40-50-38-48-36-45-20-18-17-19-44(45)35-47(48)37-49(50)39-51(56)34-43/h5-28,33-42H,1-4H3. The Morgan fingerprint density at radius 1 is 0.328 bits per heavy atom. The molecule has 0 heterocycles. The van der Waals surface area contributed by atoms with Crippen LogP contribution in [0, 0.1) is 22.9 Å². The maximum atomic E-state index is 4.09. The number of fused-ring (bicyclic) bond motifs is 4. The molecule has 0 aliphatic carbocycles. The number of hydrogen-bond acceptors (Lipinski definition) is 0. The van der Waals surface area contributed by atoms with Crippen molar-refractivity contribution >= 4 is 80.0 Å². The molecule has 0 saturated carbocycles. The molecule has 2 heteroatoms. The normalized spacial score (nSPS) is 11.8. The molecule has 0 N–H and O–H groups in total. The van der Waals surface area contributed by atoms with E-state index >= 15 is 0 Å². The Bertz CT molecular complexity index is 2970. The van der Waals surface area contributed by atoms with Crippen LogP contribution in [0.2, 0.25) is 11.1 Å². The third-order valence-electron chi connectivity index (χ3n) is 12.2. The number of hydrogen-bond donors (Lipinski definition) is 0. The molecule has 278 valence electrons. The molecule has 58 heavy (non-hydrogen) atoms. The summed E-state index contributed by atoms with van der Waals surface area (Å²) < 4.78 is 0. The Kier molecular flexibility index (Phi) is 9.93. The van der Waals surface area contributed by atoms with Gasteiger partial charge in [-0.05, 0) is 123 Å². The van der Waals surface area contributed by atoms with E-state index in [-0.39, 0.29) is 0 Å². The third-order valence-corrected chi connectivity index (χ3v) is 21.7. The average Bonchev–Trinajstić information content (AvgIpc) is 3.26. The summed E-state index contributed by atoms with van der Waals surface area (Å²) in [6, 6.07) is 71.3. The first-order chi connectivity index (χ1) is 28.3. The van der Waals surface area contributed by atoms with Crippen molar-refractivity contribution in [3.8, 4) is 22.9 Å². The van der Waals surface area contributed by atoms with E-state index in [9.17, 15) is 0 Å². The minimum absolute atomic E-state index is 0.343.